The van der Waals surface area contributed by atoms with Gasteiger partial charge in [-0.15, -0.1) is 0 Å². The van der Waals surface area contributed by atoms with Gasteiger partial charge in [0.15, 0.2) is 0 Å². The SMILES string of the molecule is CC(C)N(c1ccc([C@@H]2CCCCN2)cn1)C(C)C. The molecule has 0 aromatic carbocycles. The lowest BCUT2D eigenvalue weighted by molar-refractivity contribution is 0.411. The predicted molar refractivity (Wildman–Crippen MR) is 81.6 cm³/mol. The van der Waals surface area contributed by atoms with Crippen LogP contribution in [-0.2, 0) is 0 Å². The summed E-state index contributed by atoms with van der Waals surface area (Å²) in [7, 11) is 0. The molecule has 3 heteroatoms. The highest BCUT2D eigenvalue weighted by molar-refractivity contribution is 5.41. The molecule has 19 heavy (non-hydrogen) atoms. The largest absolute Gasteiger partial charge is 0.352 e. The summed E-state index contributed by atoms with van der Waals surface area (Å²) in [5, 5.41) is 3.58. The Morgan fingerprint density at radius 3 is 2.37 bits per heavy atom. The maximum Gasteiger partial charge on any atom is 0.128 e. The van der Waals surface area contributed by atoms with Gasteiger partial charge in [0.25, 0.3) is 0 Å². The summed E-state index contributed by atoms with van der Waals surface area (Å²) >= 11 is 0. The lowest BCUT2D eigenvalue weighted by Gasteiger charge is -2.32. The van der Waals surface area contributed by atoms with E-state index in [1.807, 2.05) is 0 Å². The quantitative estimate of drug-likeness (QED) is 0.899. The first kappa shape index (κ1) is 14.3. The number of hydrogen-bond acceptors (Lipinski definition) is 3. The first-order chi connectivity index (χ1) is 9.09. The van der Waals surface area contributed by atoms with Gasteiger partial charge in [0.1, 0.15) is 5.82 Å². The third-order valence-electron chi connectivity index (χ3n) is 3.86. The number of aromatic nitrogens is 1. The van der Waals surface area contributed by atoms with Crippen LogP contribution in [0.4, 0.5) is 5.82 Å². The second-order valence-corrected chi connectivity index (χ2v) is 6.05. The van der Waals surface area contributed by atoms with Crippen LogP contribution < -0.4 is 10.2 Å². The van der Waals surface area contributed by atoms with E-state index < -0.39 is 0 Å². The van der Waals surface area contributed by atoms with E-state index >= 15 is 0 Å². The van der Waals surface area contributed by atoms with Crippen molar-refractivity contribution in [3.05, 3.63) is 23.9 Å². The minimum Gasteiger partial charge on any atom is -0.352 e. The second-order valence-electron chi connectivity index (χ2n) is 6.05. The van der Waals surface area contributed by atoms with E-state index in [0.717, 1.165) is 12.4 Å². The Labute approximate surface area is 117 Å². The Morgan fingerprint density at radius 2 is 1.89 bits per heavy atom. The standard InChI is InChI=1S/C16H27N3/c1-12(2)19(13(3)4)16-9-8-14(11-18-16)15-7-5-6-10-17-15/h8-9,11-13,15,17H,5-7,10H2,1-4H3/t15-/m0/s1. The number of piperidine rings is 1. The van der Waals surface area contributed by atoms with Crippen molar-refractivity contribution in [3.63, 3.8) is 0 Å². The molecule has 1 N–H and O–H groups in total. The molecule has 0 radical (unpaired) electrons. The number of hydrogen-bond donors (Lipinski definition) is 1. The van der Waals surface area contributed by atoms with Crippen LogP contribution in [0, 0.1) is 0 Å². The summed E-state index contributed by atoms with van der Waals surface area (Å²) in [6, 6.07) is 5.87. The Bertz CT molecular complexity index is 369. The van der Waals surface area contributed by atoms with Crippen molar-refractivity contribution in [2.45, 2.75) is 65.1 Å². The number of rotatable bonds is 4. The smallest absolute Gasteiger partial charge is 0.128 e. The van der Waals surface area contributed by atoms with Crippen molar-refractivity contribution in [2.75, 3.05) is 11.4 Å². The van der Waals surface area contributed by atoms with E-state index in [2.05, 4.69) is 61.2 Å². The Kier molecular flexibility index (Phi) is 4.81. The molecule has 2 heterocycles. The zero-order valence-corrected chi connectivity index (χ0v) is 12.7. The molecule has 1 saturated heterocycles. The van der Waals surface area contributed by atoms with Gasteiger partial charge in [-0.3, -0.25) is 0 Å². The normalized spacial score (nSPS) is 20.0. The Morgan fingerprint density at radius 1 is 1.16 bits per heavy atom. The molecule has 2 rings (SSSR count). The van der Waals surface area contributed by atoms with Crippen LogP contribution in [0.15, 0.2) is 18.3 Å². The second kappa shape index (κ2) is 6.38. The van der Waals surface area contributed by atoms with Crippen molar-refractivity contribution in [1.29, 1.82) is 0 Å². The van der Waals surface area contributed by atoms with Crippen molar-refractivity contribution < 1.29 is 0 Å². The number of nitrogens with zero attached hydrogens (tertiary/aromatic N) is 2. The molecule has 1 aromatic rings. The van der Waals surface area contributed by atoms with Crippen LogP contribution in [0.3, 0.4) is 0 Å². The maximum atomic E-state index is 4.68. The van der Waals surface area contributed by atoms with E-state index in [1.165, 1.54) is 24.8 Å². The fourth-order valence-electron chi connectivity index (χ4n) is 3.02. The van der Waals surface area contributed by atoms with E-state index in [-0.39, 0.29) is 0 Å². The summed E-state index contributed by atoms with van der Waals surface area (Å²) in [4.78, 5) is 7.04. The highest BCUT2D eigenvalue weighted by Crippen LogP contribution is 2.24. The molecule has 1 aliphatic heterocycles. The summed E-state index contributed by atoms with van der Waals surface area (Å²) < 4.78 is 0. The molecule has 1 aliphatic rings. The van der Waals surface area contributed by atoms with Gasteiger partial charge in [-0.1, -0.05) is 12.5 Å². The van der Waals surface area contributed by atoms with Crippen molar-refractivity contribution in [3.8, 4) is 0 Å². The molecular weight excluding hydrogens is 234 g/mol. The van der Waals surface area contributed by atoms with E-state index in [0.29, 0.717) is 18.1 Å². The summed E-state index contributed by atoms with van der Waals surface area (Å²) in [6.45, 7) is 10.0. The average molecular weight is 261 g/mol. The lowest BCUT2D eigenvalue weighted by atomic mass is 9.99. The molecular formula is C16H27N3. The lowest BCUT2D eigenvalue weighted by Crippen LogP contribution is -2.37. The maximum absolute atomic E-state index is 4.68. The van der Waals surface area contributed by atoms with Crippen molar-refractivity contribution in [1.82, 2.24) is 10.3 Å². The third kappa shape index (κ3) is 3.47. The van der Waals surface area contributed by atoms with Crippen LogP contribution in [-0.4, -0.2) is 23.6 Å². The van der Waals surface area contributed by atoms with Crippen LogP contribution in [0.2, 0.25) is 0 Å². The van der Waals surface area contributed by atoms with Gasteiger partial charge in [0.2, 0.25) is 0 Å². The first-order valence-electron chi connectivity index (χ1n) is 7.57. The molecule has 0 saturated carbocycles. The third-order valence-corrected chi connectivity index (χ3v) is 3.86. The molecule has 0 aliphatic carbocycles. The molecule has 1 fully saturated rings. The summed E-state index contributed by atoms with van der Waals surface area (Å²) in [6.07, 6.45) is 5.91. The van der Waals surface area contributed by atoms with Gasteiger partial charge in [0, 0.05) is 24.3 Å². The van der Waals surface area contributed by atoms with E-state index in [4.69, 9.17) is 0 Å². The Balaban J connectivity index is 2.12. The molecule has 0 spiro atoms. The molecule has 3 nitrogen and oxygen atoms in total. The number of anilines is 1. The first-order valence-corrected chi connectivity index (χ1v) is 7.57. The minimum absolute atomic E-state index is 0.478. The molecule has 106 valence electrons. The number of pyridine rings is 1. The molecule has 0 amide bonds. The van der Waals surface area contributed by atoms with Crippen LogP contribution in [0.1, 0.15) is 58.6 Å². The molecule has 1 aromatic heterocycles. The zero-order valence-electron chi connectivity index (χ0n) is 12.7. The predicted octanol–water partition coefficient (Wildman–Crippen LogP) is 3.52. The fourth-order valence-corrected chi connectivity index (χ4v) is 3.02. The highest BCUT2D eigenvalue weighted by atomic mass is 15.2. The highest BCUT2D eigenvalue weighted by Gasteiger charge is 2.18. The topological polar surface area (TPSA) is 28.2 Å². The van der Waals surface area contributed by atoms with Crippen LogP contribution in [0.25, 0.3) is 0 Å². The van der Waals surface area contributed by atoms with Gasteiger partial charge in [-0.2, -0.15) is 0 Å². The van der Waals surface area contributed by atoms with Crippen LogP contribution >= 0.6 is 0 Å². The molecule has 0 bridgehead atoms. The fraction of sp³-hybridized carbons (Fsp3) is 0.688. The number of nitrogens with one attached hydrogen (secondary N) is 1. The van der Waals surface area contributed by atoms with E-state index in [1.54, 1.807) is 0 Å². The van der Waals surface area contributed by atoms with Crippen LogP contribution in [0.5, 0.6) is 0 Å². The van der Waals surface area contributed by atoms with Gasteiger partial charge >= 0.3 is 0 Å². The van der Waals surface area contributed by atoms with Gasteiger partial charge in [-0.25, -0.2) is 4.98 Å². The van der Waals surface area contributed by atoms with Gasteiger partial charge in [0.05, 0.1) is 0 Å². The summed E-state index contributed by atoms with van der Waals surface area (Å²) in [5.74, 6) is 1.09. The monoisotopic (exact) mass is 261 g/mol. The zero-order chi connectivity index (χ0) is 13.8. The molecule has 0 unspecified atom stereocenters. The average Bonchev–Trinajstić information content (AvgIpc) is 2.40. The van der Waals surface area contributed by atoms with E-state index in [9.17, 15) is 0 Å². The minimum atomic E-state index is 0.478. The van der Waals surface area contributed by atoms with Crippen molar-refractivity contribution >= 4 is 5.82 Å². The van der Waals surface area contributed by atoms with Gasteiger partial charge < -0.3 is 10.2 Å². The Hall–Kier alpha value is -1.09. The molecule has 1 atom stereocenters. The van der Waals surface area contributed by atoms with Crippen molar-refractivity contribution in [2.24, 2.45) is 0 Å². The van der Waals surface area contributed by atoms with Gasteiger partial charge in [-0.05, 0) is 58.7 Å². The summed E-state index contributed by atoms with van der Waals surface area (Å²) in [5.41, 5.74) is 1.33.